The average Bonchev–Trinajstić information content (AvgIpc) is 3.02. The van der Waals surface area contributed by atoms with E-state index in [9.17, 15) is 9.69 Å². The molecule has 0 aliphatic carbocycles. The van der Waals surface area contributed by atoms with Gasteiger partial charge in [0.1, 0.15) is 0 Å². The van der Waals surface area contributed by atoms with Crippen LogP contribution in [0, 0.1) is 10.8 Å². The molecule has 0 aromatic rings. The molecule has 0 aromatic carbocycles. The van der Waals surface area contributed by atoms with Crippen molar-refractivity contribution in [2.24, 2.45) is 10.8 Å². The summed E-state index contributed by atoms with van der Waals surface area (Å²) in [6, 6.07) is 0. The fourth-order valence-corrected chi connectivity index (χ4v) is 23.6. The van der Waals surface area contributed by atoms with Gasteiger partial charge < -0.3 is 0 Å². The normalized spacial score (nSPS) is 15.2. The van der Waals surface area contributed by atoms with Gasteiger partial charge in [-0.3, -0.25) is 0 Å². The van der Waals surface area contributed by atoms with Gasteiger partial charge in [-0.25, -0.2) is 0 Å². The van der Waals surface area contributed by atoms with Crippen LogP contribution in [0.1, 0.15) is 201 Å². The van der Waals surface area contributed by atoms with Crippen LogP contribution in [0.3, 0.4) is 0 Å². The van der Waals surface area contributed by atoms with Crippen LogP contribution in [0.5, 0.6) is 0 Å². The summed E-state index contributed by atoms with van der Waals surface area (Å²) in [6.45, 7) is 32.7. The van der Waals surface area contributed by atoms with E-state index >= 15 is 0 Å². The molecule has 282 valence electrons. The third kappa shape index (κ3) is 10.4. The molecule has 0 amide bonds. The summed E-state index contributed by atoms with van der Waals surface area (Å²) in [4.78, 5) is 24.3. The van der Waals surface area contributed by atoms with Crippen LogP contribution in [-0.2, 0) is 9.32 Å². The summed E-state index contributed by atoms with van der Waals surface area (Å²) in [5.41, 5.74) is 0.345. The van der Waals surface area contributed by atoms with E-state index in [0.717, 1.165) is 56.3 Å². The molecule has 0 fully saturated rings. The molecular weight excluding hydrogens is 602 g/mol. The molecule has 0 heterocycles. The van der Waals surface area contributed by atoms with Crippen LogP contribution >= 0.6 is 13.7 Å². The molecule has 0 atom stereocenters. The molecular formula is C41H90O3P2. The van der Waals surface area contributed by atoms with Crippen molar-refractivity contribution < 1.29 is 14.2 Å². The second-order valence-electron chi connectivity index (χ2n) is 17.6. The molecule has 0 unspecified atom stereocenters. The fourth-order valence-electron chi connectivity index (χ4n) is 8.33. The Morgan fingerprint density at radius 3 is 0.978 bits per heavy atom. The second kappa shape index (κ2) is 20.2. The first-order valence-electron chi connectivity index (χ1n) is 20.1. The monoisotopic (exact) mass is 693 g/mol. The van der Waals surface area contributed by atoms with E-state index in [0.29, 0.717) is 0 Å². The van der Waals surface area contributed by atoms with E-state index in [-0.39, 0.29) is 21.1 Å². The third-order valence-electron chi connectivity index (χ3n) is 14.5. The van der Waals surface area contributed by atoms with Crippen LogP contribution in [0.4, 0.5) is 0 Å². The molecule has 0 aromatic heterocycles. The Morgan fingerprint density at radius 1 is 0.478 bits per heavy atom. The van der Waals surface area contributed by atoms with Gasteiger partial charge in [-0.2, -0.15) is 0 Å². The number of unbranched alkanes of at least 4 members (excludes halogenated alkanes) is 6. The zero-order chi connectivity index (χ0) is 36.5. The molecule has 0 saturated carbocycles. The van der Waals surface area contributed by atoms with E-state index in [2.05, 4.69) is 111 Å². The van der Waals surface area contributed by atoms with Crippen LogP contribution in [0.2, 0.25) is 0 Å². The van der Waals surface area contributed by atoms with Gasteiger partial charge >= 0.3 is 293 Å². The first kappa shape index (κ1) is 48.4. The summed E-state index contributed by atoms with van der Waals surface area (Å²) in [6.07, 6.45) is 23.0. The van der Waals surface area contributed by atoms with Gasteiger partial charge in [-0.05, 0) is 0 Å². The Bertz CT molecular complexity index is 781. The summed E-state index contributed by atoms with van der Waals surface area (Å²) in [5.74, 6) is 0. The van der Waals surface area contributed by atoms with Crippen molar-refractivity contribution in [3.8, 4) is 0 Å². The molecule has 5 heteroatoms. The van der Waals surface area contributed by atoms with Crippen molar-refractivity contribution in [3.05, 3.63) is 0 Å². The maximum atomic E-state index is 12.5. The van der Waals surface area contributed by atoms with Gasteiger partial charge in [0.05, 0.1) is 0 Å². The molecule has 0 bridgehead atoms. The standard InChI is InChI=1S/C21H45O2P.C20H45OP/c1-9-13-16-24(23-19-22,17-14-10-2,18-15-11-3)21(7,8)20(5,6)12-4;1-9-13-16-22(21,17-14-10-2,18-15-11-3)20(7,8)19(5,6)12-4/h19H,9-18H2,1-8H3;21H,9-18H2,1-8H3. The van der Waals surface area contributed by atoms with E-state index in [1.165, 1.54) is 77.0 Å². The Hall–Kier alpha value is 0.290. The number of hydrogen-bond donors (Lipinski definition) is 1. The van der Waals surface area contributed by atoms with Crippen LogP contribution < -0.4 is 0 Å². The molecule has 0 rings (SSSR count). The van der Waals surface area contributed by atoms with Gasteiger partial charge in [-0.1, -0.05) is 0 Å². The van der Waals surface area contributed by atoms with Crippen molar-refractivity contribution >= 4 is 20.1 Å². The van der Waals surface area contributed by atoms with E-state index in [1.807, 2.05) is 0 Å². The van der Waals surface area contributed by atoms with Crippen molar-refractivity contribution in [2.45, 2.75) is 211 Å². The molecule has 0 aliphatic heterocycles. The Labute approximate surface area is 292 Å². The fraction of sp³-hybridized carbons (Fsp3) is 0.976. The van der Waals surface area contributed by atoms with Crippen molar-refractivity contribution in [3.63, 3.8) is 0 Å². The SMILES string of the molecule is CCCCP(CCCC)(CCCC)(OC=O)C(C)(C)C(C)(C)CC.CCCCP(O)(CCCC)(CCCC)C(C)(C)C(C)(C)CC. The zero-order valence-electron chi connectivity index (χ0n) is 34.9. The number of carbonyl (C=O) groups is 1. The Kier molecular flexibility index (Phi) is 21.3. The van der Waals surface area contributed by atoms with E-state index in [4.69, 9.17) is 4.52 Å². The van der Waals surface area contributed by atoms with Crippen molar-refractivity contribution in [1.29, 1.82) is 0 Å². The molecule has 1 N–H and O–H groups in total. The quantitative estimate of drug-likeness (QED) is 0.0725. The summed E-state index contributed by atoms with van der Waals surface area (Å²) in [5, 5.41) is 0.0701. The minimum atomic E-state index is -2.74. The first-order valence-corrected chi connectivity index (χ1v) is 25.5. The van der Waals surface area contributed by atoms with Gasteiger partial charge in [0, 0.05) is 0 Å². The minimum absolute atomic E-state index is 0.0346. The van der Waals surface area contributed by atoms with Crippen LogP contribution in [-0.4, -0.2) is 58.6 Å². The van der Waals surface area contributed by atoms with Gasteiger partial charge in [0.2, 0.25) is 0 Å². The van der Waals surface area contributed by atoms with E-state index < -0.39 is 13.7 Å². The Balaban J connectivity index is 0. The number of rotatable bonds is 26. The van der Waals surface area contributed by atoms with Crippen LogP contribution in [0.15, 0.2) is 0 Å². The predicted molar refractivity (Wildman–Crippen MR) is 218 cm³/mol. The average molecular weight is 693 g/mol. The molecule has 3 nitrogen and oxygen atoms in total. The second-order valence-corrected chi connectivity index (χ2v) is 29.3. The Morgan fingerprint density at radius 2 is 0.739 bits per heavy atom. The van der Waals surface area contributed by atoms with Gasteiger partial charge in [0.25, 0.3) is 0 Å². The van der Waals surface area contributed by atoms with Crippen molar-refractivity contribution in [1.82, 2.24) is 0 Å². The zero-order valence-corrected chi connectivity index (χ0v) is 36.7. The molecule has 0 aliphatic rings. The third-order valence-corrected chi connectivity index (χ3v) is 30.2. The van der Waals surface area contributed by atoms with E-state index in [1.54, 1.807) is 0 Å². The molecule has 0 spiro atoms. The maximum absolute atomic E-state index is 12.5. The summed E-state index contributed by atoms with van der Waals surface area (Å²) < 4.78 is 6.43. The number of carbonyl (C=O) groups excluding carboxylic acids is 1. The first-order chi connectivity index (χ1) is 21.2. The topological polar surface area (TPSA) is 46.5 Å². The van der Waals surface area contributed by atoms with Crippen molar-refractivity contribution in [2.75, 3.05) is 37.0 Å². The summed E-state index contributed by atoms with van der Waals surface area (Å²) >= 11 is 0. The van der Waals surface area contributed by atoms with Gasteiger partial charge in [-0.15, -0.1) is 0 Å². The molecule has 46 heavy (non-hydrogen) atoms. The number of hydrogen-bond acceptors (Lipinski definition) is 3. The van der Waals surface area contributed by atoms with Crippen LogP contribution in [0.25, 0.3) is 0 Å². The summed E-state index contributed by atoms with van der Waals surface area (Å²) in [7, 11) is 0. The predicted octanol–water partition coefficient (Wildman–Crippen LogP) is 14.3. The van der Waals surface area contributed by atoms with Gasteiger partial charge in [0.15, 0.2) is 0 Å². The molecule has 0 radical (unpaired) electrons. The molecule has 0 saturated heterocycles.